The van der Waals surface area contributed by atoms with Crippen molar-refractivity contribution in [2.24, 2.45) is 0 Å². The molecule has 2 nitrogen and oxygen atoms in total. The molecule has 0 amide bonds. The molecule has 3 heteroatoms. The summed E-state index contributed by atoms with van der Waals surface area (Å²) in [5, 5.41) is 2.10. The van der Waals surface area contributed by atoms with Gasteiger partial charge in [-0.15, -0.1) is 0 Å². The van der Waals surface area contributed by atoms with Crippen LogP contribution in [-0.4, -0.2) is 5.97 Å². The zero-order valence-electron chi connectivity index (χ0n) is 13.9. The second kappa shape index (κ2) is 7.14. The molecule has 0 aliphatic carbocycles. The second-order valence-electron chi connectivity index (χ2n) is 5.96. The maximum atomic E-state index is 12.4. The number of hydrogen-bond donors (Lipinski definition) is 0. The Morgan fingerprint density at radius 2 is 1.46 bits per heavy atom. The molecule has 0 aromatic heterocycles. The normalized spacial score (nSPS) is 10.7. The fraction of sp³-hybridized carbons (Fsp3) is 0. The number of rotatable bonds is 3. The molecule has 0 atom stereocenters. The Labute approximate surface area is 160 Å². The summed E-state index contributed by atoms with van der Waals surface area (Å²) in [6.07, 6.45) is 0. The van der Waals surface area contributed by atoms with E-state index in [9.17, 15) is 4.79 Å². The first-order valence-electron chi connectivity index (χ1n) is 8.27. The van der Waals surface area contributed by atoms with E-state index in [0.29, 0.717) is 11.3 Å². The number of carbonyl (C=O) groups excluding carboxylic acids is 1. The number of hydrogen-bond acceptors (Lipinski definition) is 2. The lowest BCUT2D eigenvalue weighted by Gasteiger charge is -2.07. The molecule has 0 spiro atoms. The largest absolute Gasteiger partial charge is 0.423 e. The summed E-state index contributed by atoms with van der Waals surface area (Å²) in [4.78, 5) is 12.4. The van der Waals surface area contributed by atoms with Crippen LogP contribution in [0.15, 0.2) is 95.5 Å². The van der Waals surface area contributed by atoms with E-state index in [1.54, 1.807) is 12.1 Å². The van der Waals surface area contributed by atoms with Crippen molar-refractivity contribution < 1.29 is 9.53 Å². The SMILES string of the molecule is O=C(Oc1ccc2c(Br)cccc2c1)c1ccc(-c2ccccc2)cc1. The van der Waals surface area contributed by atoms with Gasteiger partial charge in [0.25, 0.3) is 0 Å². The minimum absolute atomic E-state index is 0.362. The van der Waals surface area contributed by atoms with Crippen LogP contribution < -0.4 is 4.74 Å². The van der Waals surface area contributed by atoms with Gasteiger partial charge in [-0.25, -0.2) is 4.79 Å². The molecule has 4 aromatic rings. The zero-order chi connectivity index (χ0) is 17.9. The van der Waals surface area contributed by atoms with Crippen molar-refractivity contribution in [3.63, 3.8) is 0 Å². The van der Waals surface area contributed by atoms with Crippen molar-refractivity contribution in [1.82, 2.24) is 0 Å². The van der Waals surface area contributed by atoms with Gasteiger partial charge in [0.05, 0.1) is 5.56 Å². The molecule has 0 radical (unpaired) electrons. The lowest BCUT2D eigenvalue weighted by atomic mass is 10.0. The Bertz CT molecular complexity index is 1070. The van der Waals surface area contributed by atoms with Crippen molar-refractivity contribution >= 4 is 32.7 Å². The first-order chi connectivity index (χ1) is 12.7. The van der Waals surface area contributed by atoms with Gasteiger partial charge >= 0.3 is 5.97 Å². The Kier molecular flexibility index (Phi) is 4.55. The highest BCUT2D eigenvalue weighted by Gasteiger charge is 2.10. The van der Waals surface area contributed by atoms with Gasteiger partial charge in [0.2, 0.25) is 0 Å². The van der Waals surface area contributed by atoms with Crippen LogP contribution in [-0.2, 0) is 0 Å². The van der Waals surface area contributed by atoms with Crippen LogP contribution in [0.4, 0.5) is 0 Å². The molecule has 0 saturated carbocycles. The molecule has 4 rings (SSSR count). The van der Waals surface area contributed by atoms with Crippen molar-refractivity contribution in [1.29, 1.82) is 0 Å². The summed E-state index contributed by atoms with van der Waals surface area (Å²) in [6, 6.07) is 29.1. The summed E-state index contributed by atoms with van der Waals surface area (Å²) < 4.78 is 6.56. The first-order valence-corrected chi connectivity index (χ1v) is 9.06. The van der Waals surface area contributed by atoms with Crippen LogP contribution in [0.25, 0.3) is 21.9 Å². The quantitative estimate of drug-likeness (QED) is 0.289. The third kappa shape index (κ3) is 3.39. The van der Waals surface area contributed by atoms with Gasteiger partial charge in [-0.1, -0.05) is 70.5 Å². The average Bonchev–Trinajstić information content (AvgIpc) is 2.69. The average molecular weight is 403 g/mol. The number of carbonyl (C=O) groups is 1. The molecule has 4 aromatic carbocycles. The number of esters is 1. The fourth-order valence-corrected chi connectivity index (χ4v) is 3.39. The Morgan fingerprint density at radius 3 is 2.23 bits per heavy atom. The van der Waals surface area contributed by atoms with Crippen LogP contribution in [0.1, 0.15) is 10.4 Å². The van der Waals surface area contributed by atoms with E-state index in [0.717, 1.165) is 26.4 Å². The van der Waals surface area contributed by atoms with Gasteiger partial charge in [-0.3, -0.25) is 0 Å². The second-order valence-corrected chi connectivity index (χ2v) is 6.81. The molecule has 0 unspecified atom stereocenters. The highest BCUT2D eigenvalue weighted by atomic mass is 79.9. The van der Waals surface area contributed by atoms with Gasteiger partial charge in [0.1, 0.15) is 5.75 Å². The molecular formula is C23H15BrO2. The molecule has 0 aliphatic heterocycles. The lowest BCUT2D eigenvalue weighted by Crippen LogP contribution is -2.08. The summed E-state index contributed by atoms with van der Waals surface area (Å²) >= 11 is 3.53. The van der Waals surface area contributed by atoms with E-state index in [2.05, 4.69) is 15.9 Å². The van der Waals surface area contributed by atoms with E-state index in [-0.39, 0.29) is 5.97 Å². The Morgan fingerprint density at radius 1 is 0.731 bits per heavy atom. The topological polar surface area (TPSA) is 26.3 Å². The monoisotopic (exact) mass is 402 g/mol. The maximum Gasteiger partial charge on any atom is 0.343 e. The smallest absolute Gasteiger partial charge is 0.343 e. The van der Waals surface area contributed by atoms with E-state index in [4.69, 9.17) is 4.74 Å². The van der Waals surface area contributed by atoms with Crippen LogP contribution in [0.3, 0.4) is 0 Å². The molecule has 0 N–H and O–H groups in total. The standard InChI is InChI=1S/C23H15BrO2/c24-22-8-4-7-19-15-20(13-14-21(19)22)26-23(25)18-11-9-17(10-12-18)16-5-2-1-3-6-16/h1-15H. The van der Waals surface area contributed by atoms with Gasteiger partial charge in [-0.2, -0.15) is 0 Å². The summed E-state index contributed by atoms with van der Waals surface area (Å²) in [6.45, 7) is 0. The molecule has 0 bridgehead atoms. The highest BCUT2D eigenvalue weighted by Crippen LogP contribution is 2.27. The molecule has 26 heavy (non-hydrogen) atoms. The number of fused-ring (bicyclic) bond motifs is 1. The number of halogens is 1. The third-order valence-corrected chi connectivity index (χ3v) is 4.93. The van der Waals surface area contributed by atoms with Crippen LogP contribution >= 0.6 is 15.9 Å². The van der Waals surface area contributed by atoms with E-state index >= 15 is 0 Å². The molecule has 0 aliphatic rings. The Balaban J connectivity index is 1.55. The van der Waals surface area contributed by atoms with E-state index in [1.165, 1.54) is 0 Å². The number of benzene rings is 4. The minimum atomic E-state index is -0.362. The predicted molar refractivity (Wildman–Crippen MR) is 108 cm³/mol. The van der Waals surface area contributed by atoms with Gasteiger partial charge in [0.15, 0.2) is 0 Å². The summed E-state index contributed by atoms with van der Waals surface area (Å²) in [5.74, 6) is 0.173. The van der Waals surface area contributed by atoms with Gasteiger partial charge < -0.3 is 4.74 Å². The van der Waals surface area contributed by atoms with Crippen molar-refractivity contribution in [3.8, 4) is 16.9 Å². The zero-order valence-corrected chi connectivity index (χ0v) is 15.4. The van der Waals surface area contributed by atoms with Crippen LogP contribution in [0, 0.1) is 0 Å². The Hall–Kier alpha value is -2.91. The van der Waals surface area contributed by atoms with E-state index < -0.39 is 0 Å². The third-order valence-electron chi connectivity index (χ3n) is 4.24. The summed E-state index contributed by atoms with van der Waals surface area (Å²) in [5.41, 5.74) is 2.71. The molecular weight excluding hydrogens is 388 g/mol. The number of ether oxygens (including phenoxy) is 1. The van der Waals surface area contributed by atoms with Crippen molar-refractivity contribution in [2.75, 3.05) is 0 Å². The van der Waals surface area contributed by atoms with Crippen LogP contribution in [0.2, 0.25) is 0 Å². The fourth-order valence-electron chi connectivity index (χ4n) is 2.88. The lowest BCUT2D eigenvalue weighted by molar-refractivity contribution is 0.0735. The molecule has 0 saturated heterocycles. The van der Waals surface area contributed by atoms with Crippen molar-refractivity contribution in [2.45, 2.75) is 0 Å². The van der Waals surface area contributed by atoms with Crippen LogP contribution in [0.5, 0.6) is 5.75 Å². The first kappa shape index (κ1) is 16.6. The molecule has 0 fully saturated rings. The molecule has 126 valence electrons. The van der Waals surface area contributed by atoms with Gasteiger partial charge in [-0.05, 0) is 58.3 Å². The minimum Gasteiger partial charge on any atom is -0.423 e. The van der Waals surface area contributed by atoms with E-state index in [1.807, 2.05) is 78.9 Å². The highest BCUT2D eigenvalue weighted by molar-refractivity contribution is 9.10. The molecule has 0 heterocycles. The van der Waals surface area contributed by atoms with Gasteiger partial charge in [0, 0.05) is 4.47 Å². The predicted octanol–water partition coefficient (Wildman–Crippen LogP) is 6.49. The maximum absolute atomic E-state index is 12.4. The summed E-state index contributed by atoms with van der Waals surface area (Å²) in [7, 11) is 0. The van der Waals surface area contributed by atoms with Crippen molar-refractivity contribution in [3.05, 3.63) is 101 Å².